The fourth-order valence-electron chi connectivity index (χ4n) is 2.87. The first-order chi connectivity index (χ1) is 14.4. The number of nitro groups is 1. The Morgan fingerprint density at radius 1 is 1.10 bits per heavy atom. The number of benzene rings is 2. The Morgan fingerprint density at radius 2 is 1.87 bits per heavy atom. The molecule has 30 heavy (non-hydrogen) atoms. The van der Waals surface area contributed by atoms with E-state index in [9.17, 15) is 19.7 Å². The van der Waals surface area contributed by atoms with Crippen molar-refractivity contribution >= 4 is 23.3 Å². The van der Waals surface area contributed by atoms with Crippen LogP contribution in [0.15, 0.2) is 42.5 Å². The fourth-order valence-corrected chi connectivity index (χ4v) is 2.87. The molecule has 1 amide bonds. The highest BCUT2D eigenvalue weighted by Gasteiger charge is 2.15. The molecule has 0 aliphatic heterocycles. The quantitative estimate of drug-likeness (QED) is 0.248. The Morgan fingerprint density at radius 3 is 2.57 bits per heavy atom. The number of carbonyl (C=O) groups is 2. The van der Waals surface area contributed by atoms with Gasteiger partial charge in [-0.15, -0.1) is 0 Å². The van der Waals surface area contributed by atoms with Crippen LogP contribution in [0, 0.1) is 17.0 Å². The number of nitrogens with zero attached hydrogens (tertiary/aromatic N) is 1. The van der Waals surface area contributed by atoms with Crippen molar-refractivity contribution in [2.24, 2.45) is 0 Å². The minimum Gasteiger partial charge on any atom is -0.491 e. The highest BCUT2D eigenvalue weighted by molar-refractivity contribution is 6.06. The van der Waals surface area contributed by atoms with Gasteiger partial charge in [0.25, 0.3) is 11.6 Å². The monoisotopic (exact) mass is 414 g/mol. The smallest absolute Gasteiger partial charge is 0.305 e. The van der Waals surface area contributed by atoms with E-state index in [1.165, 1.54) is 18.2 Å². The zero-order valence-corrected chi connectivity index (χ0v) is 17.2. The lowest BCUT2D eigenvalue weighted by Gasteiger charge is -2.13. The Labute approximate surface area is 175 Å². The second kappa shape index (κ2) is 11.5. The first kappa shape index (κ1) is 22.9. The fraction of sp³-hybridized carbons (Fsp3) is 0.364. The van der Waals surface area contributed by atoms with Crippen molar-refractivity contribution in [3.63, 3.8) is 0 Å². The highest BCUT2D eigenvalue weighted by atomic mass is 16.6. The number of hydrogen-bond acceptors (Lipinski definition) is 6. The van der Waals surface area contributed by atoms with E-state index < -0.39 is 4.92 Å². The number of rotatable bonds is 11. The van der Waals surface area contributed by atoms with Crippen molar-refractivity contribution in [1.82, 2.24) is 0 Å². The molecule has 0 fully saturated rings. The van der Waals surface area contributed by atoms with E-state index in [4.69, 9.17) is 9.47 Å². The lowest BCUT2D eigenvalue weighted by atomic mass is 10.1. The van der Waals surface area contributed by atoms with Gasteiger partial charge in [0, 0.05) is 24.1 Å². The Bertz CT molecular complexity index is 897. The number of hydrogen-bond donors (Lipinski definition) is 1. The predicted molar refractivity (Wildman–Crippen MR) is 113 cm³/mol. The number of nitrogens with one attached hydrogen (secondary N) is 1. The summed E-state index contributed by atoms with van der Waals surface area (Å²) in [6.07, 6.45) is 2.73. The molecular formula is C22H26N2O6. The lowest BCUT2D eigenvalue weighted by Crippen LogP contribution is -2.14. The highest BCUT2D eigenvalue weighted by Crippen LogP contribution is 2.26. The number of para-hydroxylation sites is 2. The first-order valence-electron chi connectivity index (χ1n) is 9.86. The maximum absolute atomic E-state index is 12.6. The number of esters is 1. The summed E-state index contributed by atoms with van der Waals surface area (Å²) in [5, 5.41) is 13.7. The van der Waals surface area contributed by atoms with Gasteiger partial charge in [0.05, 0.1) is 23.8 Å². The Balaban J connectivity index is 1.90. The second-order valence-electron chi connectivity index (χ2n) is 6.67. The number of aryl methyl sites for hydroxylation is 1. The van der Waals surface area contributed by atoms with Crippen LogP contribution < -0.4 is 10.1 Å². The van der Waals surface area contributed by atoms with Gasteiger partial charge in [0.1, 0.15) is 5.75 Å². The third-order valence-corrected chi connectivity index (χ3v) is 4.39. The minimum absolute atomic E-state index is 0.0595. The van der Waals surface area contributed by atoms with Gasteiger partial charge in [0.2, 0.25) is 0 Å². The number of carbonyl (C=O) groups excluding carboxylic acids is 2. The number of anilines is 1. The molecule has 8 heteroatoms. The molecule has 1 N–H and O–H groups in total. The van der Waals surface area contributed by atoms with E-state index in [0.717, 1.165) is 19.3 Å². The van der Waals surface area contributed by atoms with Crippen LogP contribution in [-0.4, -0.2) is 30.0 Å². The lowest BCUT2D eigenvalue weighted by molar-refractivity contribution is -0.384. The van der Waals surface area contributed by atoms with Gasteiger partial charge >= 0.3 is 5.97 Å². The molecule has 2 rings (SSSR count). The van der Waals surface area contributed by atoms with Gasteiger partial charge in [0.15, 0.2) is 0 Å². The molecule has 0 atom stereocenters. The van der Waals surface area contributed by atoms with Crippen molar-refractivity contribution < 1.29 is 24.0 Å². The van der Waals surface area contributed by atoms with Crippen LogP contribution in [0.25, 0.3) is 0 Å². The van der Waals surface area contributed by atoms with E-state index >= 15 is 0 Å². The van der Waals surface area contributed by atoms with E-state index in [0.29, 0.717) is 42.2 Å². The normalized spacial score (nSPS) is 10.3. The van der Waals surface area contributed by atoms with E-state index in [2.05, 4.69) is 5.32 Å². The molecule has 0 saturated heterocycles. The van der Waals surface area contributed by atoms with Crippen molar-refractivity contribution in [2.75, 3.05) is 18.5 Å². The van der Waals surface area contributed by atoms with Crippen molar-refractivity contribution in [2.45, 2.75) is 39.5 Å². The SMILES string of the molecule is CCOC(=O)CCCCCOc1ccccc1NC(=O)c1ccc([N+](=O)[O-])cc1C. The molecule has 0 heterocycles. The van der Waals surface area contributed by atoms with Crippen LogP contribution in [-0.2, 0) is 9.53 Å². The molecule has 2 aromatic carbocycles. The van der Waals surface area contributed by atoms with E-state index in [1.54, 1.807) is 32.0 Å². The topological polar surface area (TPSA) is 108 Å². The van der Waals surface area contributed by atoms with Gasteiger partial charge in [-0.2, -0.15) is 0 Å². The molecule has 0 bridgehead atoms. The summed E-state index contributed by atoms with van der Waals surface area (Å²) in [4.78, 5) is 34.3. The van der Waals surface area contributed by atoms with E-state index in [1.807, 2.05) is 6.07 Å². The number of unbranched alkanes of at least 4 members (excludes halogenated alkanes) is 2. The summed E-state index contributed by atoms with van der Waals surface area (Å²) >= 11 is 0. The maximum Gasteiger partial charge on any atom is 0.305 e. The van der Waals surface area contributed by atoms with Crippen LogP contribution in [0.2, 0.25) is 0 Å². The molecule has 8 nitrogen and oxygen atoms in total. The average Bonchev–Trinajstić information content (AvgIpc) is 2.71. The minimum atomic E-state index is -0.495. The molecule has 0 radical (unpaired) electrons. The Kier molecular flexibility index (Phi) is 8.80. The standard InChI is InChI=1S/C22H26N2O6/c1-3-29-21(25)11-5-4-8-14-30-20-10-7-6-9-19(20)23-22(26)18-13-12-17(24(27)28)15-16(18)2/h6-7,9-10,12-13,15H,3-5,8,11,14H2,1-2H3,(H,23,26). The van der Waals surface area contributed by atoms with Gasteiger partial charge in [-0.3, -0.25) is 19.7 Å². The Hall–Kier alpha value is -3.42. The van der Waals surface area contributed by atoms with E-state index in [-0.39, 0.29) is 17.6 Å². The largest absolute Gasteiger partial charge is 0.491 e. The zero-order valence-electron chi connectivity index (χ0n) is 17.2. The van der Waals surface area contributed by atoms with Crippen LogP contribution in [0.5, 0.6) is 5.75 Å². The summed E-state index contributed by atoms with van der Waals surface area (Å²) in [5.74, 6) is -0.0169. The van der Waals surface area contributed by atoms with Crippen molar-refractivity contribution in [3.05, 3.63) is 63.7 Å². The predicted octanol–water partition coefficient (Wildman–Crippen LogP) is 4.66. The summed E-state index contributed by atoms with van der Waals surface area (Å²) in [6, 6.07) is 11.2. The third kappa shape index (κ3) is 6.88. The third-order valence-electron chi connectivity index (χ3n) is 4.39. The van der Waals surface area contributed by atoms with Gasteiger partial charge < -0.3 is 14.8 Å². The molecule has 160 valence electrons. The molecule has 0 unspecified atom stereocenters. The van der Waals surface area contributed by atoms with Crippen molar-refractivity contribution in [1.29, 1.82) is 0 Å². The molecule has 0 aromatic heterocycles. The number of non-ortho nitro benzene ring substituents is 1. The van der Waals surface area contributed by atoms with Crippen LogP contribution in [0.4, 0.5) is 11.4 Å². The number of nitro benzene ring substituents is 1. The molecular weight excluding hydrogens is 388 g/mol. The summed E-state index contributed by atoms with van der Waals surface area (Å²) in [6.45, 7) is 4.28. The summed E-state index contributed by atoms with van der Waals surface area (Å²) in [5.41, 5.74) is 1.33. The number of amides is 1. The molecule has 0 spiro atoms. The molecule has 0 saturated carbocycles. The second-order valence-corrected chi connectivity index (χ2v) is 6.67. The molecule has 0 aliphatic rings. The zero-order chi connectivity index (χ0) is 21.9. The summed E-state index contributed by atoms with van der Waals surface area (Å²) < 4.78 is 10.7. The maximum atomic E-state index is 12.6. The van der Waals surface area contributed by atoms with Crippen LogP contribution >= 0.6 is 0 Å². The van der Waals surface area contributed by atoms with Crippen LogP contribution in [0.1, 0.15) is 48.5 Å². The van der Waals surface area contributed by atoms with Crippen LogP contribution in [0.3, 0.4) is 0 Å². The summed E-state index contributed by atoms with van der Waals surface area (Å²) in [7, 11) is 0. The molecule has 0 aliphatic carbocycles. The average molecular weight is 414 g/mol. The number of ether oxygens (including phenoxy) is 2. The molecule has 2 aromatic rings. The first-order valence-corrected chi connectivity index (χ1v) is 9.86. The van der Waals surface area contributed by atoms with Gasteiger partial charge in [-0.05, 0) is 56.9 Å². The van der Waals surface area contributed by atoms with Gasteiger partial charge in [-0.1, -0.05) is 12.1 Å². The van der Waals surface area contributed by atoms with Crippen molar-refractivity contribution in [3.8, 4) is 5.75 Å². The van der Waals surface area contributed by atoms with Gasteiger partial charge in [-0.25, -0.2) is 0 Å².